The summed E-state index contributed by atoms with van der Waals surface area (Å²) < 4.78 is 0. The quantitative estimate of drug-likeness (QED) is 0.817. The zero-order valence-electron chi connectivity index (χ0n) is 12.4. The van der Waals surface area contributed by atoms with Crippen molar-refractivity contribution in [2.24, 2.45) is 23.5 Å². The lowest BCUT2D eigenvalue weighted by Crippen LogP contribution is -2.50. The van der Waals surface area contributed by atoms with Crippen LogP contribution in [0.25, 0.3) is 0 Å². The highest BCUT2D eigenvalue weighted by molar-refractivity contribution is 5.86. The van der Waals surface area contributed by atoms with Crippen LogP contribution in [0.3, 0.4) is 0 Å². The molecule has 5 nitrogen and oxygen atoms in total. The third kappa shape index (κ3) is 2.68. The molecule has 2 rings (SSSR count). The topological polar surface area (TPSA) is 83.6 Å². The Labute approximate surface area is 120 Å². The van der Waals surface area contributed by atoms with Gasteiger partial charge in [0.05, 0.1) is 5.92 Å². The molecule has 1 amide bonds. The lowest BCUT2D eigenvalue weighted by molar-refractivity contribution is -0.152. The van der Waals surface area contributed by atoms with Crippen LogP contribution >= 0.6 is 0 Å². The molecule has 20 heavy (non-hydrogen) atoms. The molecular formula is C15H26N2O3. The van der Waals surface area contributed by atoms with E-state index in [1.165, 1.54) is 0 Å². The minimum atomic E-state index is -0.868. The van der Waals surface area contributed by atoms with Gasteiger partial charge in [0, 0.05) is 12.6 Å². The molecule has 4 atom stereocenters. The number of likely N-dealkylation sites (tertiary alicyclic amines) is 1. The number of hydrogen-bond acceptors (Lipinski definition) is 3. The Morgan fingerprint density at radius 3 is 2.50 bits per heavy atom. The van der Waals surface area contributed by atoms with Gasteiger partial charge in [0.1, 0.15) is 6.04 Å². The van der Waals surface area contributed by atoms with Crippen molar-refractivity contribution < 1.29 is 14.7 Å². The van der Waals surface area contributed by atoms with E-state index in [9.17, 15) is 14.7 Å². The third-order valence-corrected chi connectivity index (χ3v) is 5.00. The van der Waals surface area contributed by atoms with Gasteiger partial charge in [-0.3, -0.25) is 4.79 Å². The second-order valence-corrected chi connectivity index (χ2v) is 6.53. The highest BCUT2D eigenvalue weighted by Crippen LogP contribution is 2.40. The van der Waals surface area contributed by atoms with E-state index in [0.29, 0.717) is 12.3 Å². The molecule has 0 spiro atoms. The van der Waals surface area contributed by atoms with Gasteiger partial charge in [0.15, 0.2) is 0 Å². The molecule has 0 aromatic rings. The number of carboxylic acid groups (broad SMARTS) is 1. The second kappa shape index (κ2) is 6.12. The van der Waals surface area contributed by atoms with Crippen LogP contribution in [0, 0.1) is 17.8 Å². The largest absolute Gasteiger partial charge is 0.480 e. The van der Waals surface area contributed by atoms with E-state index in [-0.39, 0.29) is 30.3 Å². The lowest BCUT2D eigenvalue weighted by atomic mass is 9.84. The number of fused-ring (bicyclic) bond motifs is 1. The van der Waals surface area contributed by atoms with Gasteiger partial charge in [-0.15, -0.1) is 0 Å². The predicted octanol–water partition coefficient (Wildman–Crippen LogP) is 1.46. The average Bonchev–Trinajstić information content (AvgIpc) is 2.78. The number of amides is 1. The van der Waals surface area contributed by atoms with Gasteiger partial charge in [0.25, 0.3) is 0 Å². The zero-order chi connectivity index (χ0) is 14.9. The zero-order valence-corrected chi connectivity index (χ0v) is 12.4. The Kier molecular flexibility index (Phi) is 4.68. The molecule has 3 N–H and O–H groups in total. The van der Waals surface area contributed by atoms with Crippen molar-refractivity contribution in [3.8, 4) is 0 Å². The van der Waals surface area contributed by atoms with Crippen LogP contribution in [-0.2, 0) is 9.59 Å². The molecule has 1 saturated carbocycles. The van der Waals surface area contributed by atoms with Gasteiger partial charge >= 0.3 is 5.97 Å². The summed E-state index contributed by atoms with van der Waals surface area (Å²) in [5.41, 5.74) is 5.74. The number of nitrogens with zero attached hydrogens (tertiary/aromatic N) is 1. The highest BCUT2D eigenvalue weighted by atomic mass is 16.4. The molecule has 0 aromatic carbocycles. The number of carboxylic acids is 1. The average molecular weight is 282 g/mol. The van der Waals surface area contributed by atoms with Crippen molar-refractivity contribution in [2.45, 2.75) is 58.0 Å². The van der Waals surface area contributed by atoms with E-state index in [1.807, 2.05) is 13.8 Å². The predicted molar refractivity (Wildman–Crippen MR) is 76.0 cm³/mol. The Morgan fingerprint density at radius 2 is 1.95 bits per heavy atom. The van der Waals surface area contributed by atoms with Gasteiger partial charge in [0.2, 0.25) is 5.91 Å². The summed E-state index contributed by atoms with van der Waals surface area (Å²) in [6, 6.07) is -0.534. The van der Waals surface area contributed by atoms with E-state index >= 15 is 0 Å². The van der Waals surface area contributed by atoms with Crippen molar-refractivity contribution in [1.82, 2.24) is 4.90 Å². The van der Waals surface area contributed by atoms with E-state index in [1.54, 1.807) is 4.90 Å². The number of rotatable bonds is 4. The fourth-order valence-corrected chi connectivity index (χ4v) is 3.85. The maximum Gasteiger partial charge on any atom is 0.326 e. The summed E-state index contributed by atoms with van der Waals surface area (Å²) in [6.45, 7) is 4.23. The molecule has 0 bridgehead atoms. The second-order valence-electron chi connectivity index (χ2n) is 6.53. The molecule has 1 aliphatic carbocycles. The van der Waals surface area contributed by atoms with Crippen molar-refractivity contribution >= 4 is 11.9 Å². The summed E-state index contributed by atoms with van der Waals surface area (Å²) in [5, 5.41) is 9.45. The Balaban J connectivity index is 2.24. The molecule has 4 unspecified atom stereocenters. The molecule has 114 valence electrons. The maximum atomic E-state index is 12.8. The third-order valence-electron chi connectivity index (χ3n) is 5.00. The number of nitrogens with two attached hydrogens (primary N) is 1. The summed E-state index contributed by atoms with van der Waals surface area (Å²) in [7, 11) is 0. The van der Waals surface area contributed by atoms with E-state index in [0.717, 1.165) is 25.7 Å². The summed E-state index contributed by atoms with van der Waals surface area (Å²) in [6.07, 6.45) is 4.84. The monoisotopic (exact) mass is 282 g/mol. The van der Waals surface area contributed by atoms with Gasteiger partial charge in [-0.05, 0) is 31.1 Å². The van der Waals surface area contributed by atoms with E-state index < -0.39 is 12.0 Å². The first-order valence-electron chi connectivity index (χ1n) is 7.72. The summed E-state index contributed by atoms with van der Waals surface area (Å²) in [4.78, 5) is 26.0. The van der Waals surface area contributed by atoms with Crippen LogP contribution in [0.15, 0.2) is 0 Å². The fourth-order valence-electron chi connectivity index (χ4n) is 3.85. The Hall–Kier alpha value is -1.10. The molecule has 1 aliphatic heterocycles. The molecule has 0 aromatic heterocycles. The van der Waals surface area contributed by atoms with Crippen LogP contribution in [0.4, 0.5) is 0 Å². The molecular weight excluding hydrogens is 256 g/mol. The molecule has 1 saturated heterocycles. The first-order chi connectivity index (χ1) is 9.47. The highest BCUT2D eigenvalue weighted by Gasteiger charge is 2.48. The molecule has 2 aliphatic rings. The standard InChI is InChI=1S/C15H26N2O3/c1-9(2)11(8-16)14(18)17-12-6-4-3-5-10(12)7-13(17)15(19)20/h9-13H,3-8,16H2,1-2H3,(H,19,20). The SMILES string of the molecule is CC(C)C(CN)C(=O)N1C(C(=O)O)CC2CCCCC21. The first-order valence-corrected chi connectivity index (χ1v) is 7.72. The van der Waals surface area contributed by atoms with E-state index in [4.69, 9.17) is 5.73 Å². The smallest absolute Gasteiger partial charge is 0.326 e. The number of aliphatic carboxylic acids is 1. The Morgan fingerprint density at radius 1 is 1.30 bits per heavy atom. The number of carbonyl (C=O) groups excluding carboxylic acids is 1. The van der Waals surface area contributed by atoms with Crippen molar-refractivity contribution in [2.75, 3.05) is 6.54 Å². The van der Waals surface area contributed by atoms with Crippen molar-refractivity contribution in [1.29, 1.82) is 0 Å². The van der Waals surface area contributed by atoms with Crippen LogP contribution in [0.1, 0.15) is 46.0 Å². The van der Waals surface area contributed by atoms with Crippen LogP contribution in [0.2, 0.25) is 0 Å². The van der Waals surface area contributed by atoms with Crippen LogP contribution < -0.4 is 5.73 Å². The summed E-state index contributed by atoms with van der Waals surface area (Å²) >= 11 is 0. The van der Waals surface area contributed by atoms with Crippen LogP contribution in [0.5, 0.6) is 0 Å². The Bertz CT molecular complexity index is 383. The number of carbonyl (C=O) groups is 2. The summed E-state index contributed by atoms with van der Waals surface area (Å²) in [5.74, 6) is -0.682. The van der Waals surface area contributed by atoms with Crippen LogP contribution in [-0.4, -0.2) is 40.5 Å². The normalized spacial score (nSPS) is 31.2. The first kappa shape index (κ1) is 15.3. The lowest BCUT2D eigenvalue weighted by Gasteiger charge is -2.36. The van der Waals surface area contributed by atoms with E-state index in [2.05, 4.69) is 0 Å². The minimum absolute atomic E-state index is 0.0516. The van der Waals surface area contributed by atoms with Crippen molar-refractivity contribution in [3.05, 3.63) is 0 Å². The molecule has 5 heteroatoms. The van der Waals surface area contributed by atoms with Gasteiger partial charge in [-0.25, -0.2) is 4.79 Å². The van der Waals surface area contributed by atoms with Gasteiger partial charge in [-0.1, -0.05) is 26.7 Å². The minimum Gasteiger partial charge on any atom is -0.480 e. The molecule has 0 radical (unpaired) electrons. The van der Waals surface area contributed by atoms with Gasteiger partial charge in [-0.2, -0.15) is 0 Å². The maximum absolute atomic E-state index is 12.8. The molecule has 2 fully saturated rings. The molecule has 1 heterocycles. The van der Waals surface area contributed by atoms with Gasteiger partial charge < -0.3 is 15.7 Å². The fraction of sp³-hybridized carbons (Fsp3) is 0.867. The van der Waals surface area contributed by atoms with Crippen molar-refractivity contribution in [3.63, 3.8) is 0 Å². The number of hydrogen-bond donors (Lipinski definition) is 2.